The van der Waals surface area contributed by atoms with Crippen molar-refractivity contribution in [3.8, 4) is 0 Å². The lowest BCUT2D eigenvalue weighted by molar-refractivity contribution is -0.171. The molecule has 8 nitrogen and oxygen atoms in total. The van der Waals surface area contributed by atoms with Gasteiger partial charge in [0.2, 0.25) is 0 Å². The number of ether oxygens (including phenoxy) is 2. The van der Waals surface area contributed by atoms with Crippen molar-refractivity contribution in [2.75, 3.05) is 0 Å². The molecule has 0 bridgehead atoms. The Bertz CT molecular complexity index is 581. The second kappa shape index (κ2) is 10.1. The SMILES string of the molecule is CC(=O)O[C@H]1C[C@@H](NC(=O)C(Cl)(Cl)Cl)[C@@H](NC(=O)C(Cl)(Cl)Cl)C[C@H]1OC(C)=O. The zero-order chi connectivity index (χ0) is 21.9. The molecular weight excluding hydrogens is 505 g/mol. The van der Waals surface area contributed by atoms with Crippen molar-refractivity contribution in [2.45, 2.75) is 58.6 Å². The minimum Gasteiger partial charge on any atom is -0.459 e. The molecule has 0 unspecified atom stereocenters. The molecule has 1 saturated carbocycles. The molecular formula is C14H16Cl6N2O6. The maximum atomic E-state index is 12.1. The fourth-order valence-corrected chi connectivity index (χ4v) is 2.95. The largest absolute Gasteiger partial charge is 0.459 e. The minimum absolute atomic E-state index is 0.0746. The summed E-state index contributed by atoms with van der Waals surface area (Å²) >= 11 is 33.4. The number of nitrogens with one attached hydrogen (secondary N) is 2. The highest BCUT2D eigenvalue weighted by Gasteiger charge is 2.45. The summed E-state index contributed by atoms with van der Waals surface area (Å²) in [7, 11) is 0. The van der Waals surface area contributed by atoms with Gasteiger partial charge in [-0.25, -0.2) is 0 Å². The number of esters is 2. The van der Waals surface area contributed by atoms with Crippen LogP contribution in [0.25, 0.3) is 0 Å². The fourth-order valence-electron chi connectivity index (χ4n) is 2.63. The zero-order valence-corrected chi connectivity index (χ0v) is 19.0. The number of rotatable bonds is 4. The lowest BCUT2D eigenvalue weighted by Crippen LogP contribution is -2.62. The average Bonchev–Trinajstić information content (AvgIpc) is 2.48. The van der Waals surface area contributed by atoms with Crippen molar-refractivity contribution in [3.05, 3.63) is 0 Å². The lowest BCUT2D eigenvalue weighted by Gasteiger charge is -2.41. The van der Waals surface area contributed by atoms with Crippen LogP contribution in [0.4, 0.5) is 0 Å². The molecule has 1 aliphatic rings. The summed E-state index contributed by atoms with van der Waals surface area (Å²) in [6.07, 6.45) is -2.00. The summed E-state index contributed by atoms with van der Waals surface area (Å²) in [5, 5.41) is 4.86. The quantitative estimate of drug-likeness (QED) is 0.435. The third kappa shape index (κ3) is 8.16. The Labute approximate surface area is 190 Å². The molecule has 0 spiro atoms. The Morgan fingerprint density at radius 3 is 1.21 bits per heavy atom. The topological polar surface area (TPSA) is 111 Å². The van der Waals surface area contributed by atoms with E-state index in [2.05, 4.69) is 10.6 Å². The summed E-state index contributed by atoms with van der Waals surface area (Å²) < 4.78 is 5.76. The molecule has 0 aromatic rings. The molecule has 0 saturated heterocycles. The van der Waals surface area contributed by atoms with Crippen LogP contribution in [0, 0.1) is 0 Å². The van der Waals surface area contributed by atoms with Crippen molar-refractivity contribution in [3.63, 3.8) is 0 Å². The Kier molecular flexibility index (Phi) is 9.24. The van der Waals surface area contributed by atoms with Gasteiger partial charge in [-0.3, -0.25) is 19.2 Å². The second-order valence-corrected chi connectivity index (χ2v) is 10.5. The molecule has 160 valence electrons. The van der Waals surface area contributed by atoms with Crippen molar-refractivity contribution < 1.29 is 28.7 Å². The number of carbonyl (C=O) groups is 4. The first-order chi connectivity index (χ1) is 12.6. The molecule has 4 atom stereocenters. The average molecular weight is 521 g/mol. The molecule has 1 fully saturated rings. The van der Waals surface area contributed by atoms with Gasteiger partial charge < -0.3 is 20.1 Å². The smallest absolute Gasteiger partial charge is 0.303 e. The van der Waals surface area contributed by atoms with Crippen LogP contribution in [0.3, 0.4) is 0 Å². The van der Waals surface area contributed by atoms with Gasteiger partial charge in [0, 0.05) is 26.7 Å². The van der Waals surface area contributed by atoms with Crippen LogP contribution in [-0.2, 0) is 28.7 Å². The summed E-state index contributed by atoms with van der Waals surface area (Å²) in [4.78, 5) is 46.9. The maximum absolute atomic E-state index is 12.1. The number of carbonyl (C=O) groups excluding carboxylic acids is 4. The Morgan fingerprint density at radius 1 is 0.714 bits per heavy atom. The lowest BCUT2D eigenvalue weighted by atomic mass is 9.85. The van der Waals surface area contributed by atoms with E-state index in [-0.39, 0.29) is 12.8 Å². The Balaban J connectivity index is 3.13. The number of halogens is 6. The number of alkyl halides is 6. The van der Waals surface area contributed by atoms with Gasteiger partial charge in [-0.15, -0.1) is 0 Å². The number of hydrogen-bond donors (Lipinski definition) is 2. The monoisotopic (exact) mass is 518 g/mol. The van der Waals surface area contributed by atoms with E-state index in [9.17, 15) is 19.2 Å². The molecule has 0 radical (unpaired) electrons. The van der Waals surface area contributed by atoms with Gasteiger partial charge >= 0.3 is 11.9 Å². The Morgan fingerprint density at radius 2 is 1.00 bits per heavy atom. The van der Waals surface area contributed by atoms with E-state index in [1.807, 2.05) is 0 Å². The molecule has 0 heterocycles. The molecule has 14 heteroatoms. The van der Waals surface area contributed by atoms with Gasteiger partial charge in [0.25, 0.3) is 19.4 Å². The molecule has 0 aromatic carbocycles. The van der Waals surface area contributed by atoms with Crippen molar-refractivity contribution in [1.82, 2.24) is 10.6 Å². The highest BCUT2D eigenvalue weighted by molar-refractivity contribution is 6.76. The summed E-state index contributed by atoms with van der Waals surface area (Å²) in [6, 6.07) is -1.79. The van der Waals surface area contributed by atoms with Crippen LogP contribution in [0.2, 0.25) is 0 Å². The number of amides is 2. The van der Waals surface area contributed by atoms with Gasteiger partial charge in [0.1, 0.15) is 12.2 Å². The second-order valence-electron chi connectivity index (χ2n) is 5.92. The summed E-state index contributed by atoms with van der Waals surface area (Å²) in [5.41, 5.74) is 0. The molecule has 1 rings (SSSR count). The van der Waals surface area contributed by atoms with E-state index < -0.39 is 55.6 Å². The molecule has 2 amide bonds. The van der Waals surface area contributed by atoms with Gasteiger partial charge in [-0.05, 0) is 0 Å². The zero-order valence-electron chi connectivity index (χ0n) is 14.4. The highest BCUT2D eigenvalue weighted by Crippen LogP contribution is 2.31. The van der Waals surface area contributed by atoms with Crippen LogP contribution in [0.15, 0.2) is 0 Å². The molecule has 0 aromatic heterocycles. The normalized spacial score (nSPS) is 25.4. The number of hydrogen-bond acceptors (Lipinski definition) is 6. The van der Waals surface area contributed by atoms with Gasteiger partial charge in [0.05, 0.1) is 12.1 Å². The highest BCUT2D eigenvalue weighted by atomic mass is 35.6. The van der Waals surface area contributed by atoms with Crippen LogP contribution in [-0.4, -0.2) is 55.6 Å². The van der Waals surface area contributed by atoms with E-state index >= 15 is 0 Å². The maximum Gasteiger partial charge on any atom is 0.303 e. The van der Waals surface area contributed by atoms with Crippen molar-refractivity contribution in [1.29, 1.82) is 0 Å². The third-order valence-corrected chi connectivity index (χ3v) is 4.69. The first-order valence-electron chi connectivity index (χ1n) is 7.71. The van der Waals surface area contributed by atoms with E-state index in [0.717, 1.165) is 13.8 Å². The Hall–Kier alpha value is -0.380. The standard InChI is InChI=1S/C14H16Cl6N2O6/c1-5(23)27-9-3-7(21-11(25)13(15,16)17)8(4-10(9)28-6(2)24)22-12(26)14(18,19)20/h7-10H,3-4H2,1-2H3,(H,21,25)(H,22,26)/t7-,8+,9+,10-. The molecule has 2 N–H and O–H groups in total. The van der Waals surface area contributed by atoms with E-state index in [4.69, 9.17) is 79.1 Å². The van der Waals surface area contributed by atoms with Crippen molar-refractivity contribution in [2.24, 2.45) is 0 Å². The summed E-state index contributed by atoms with van der Waals surface area (Å²) in [6.45, 7) is 2.33. The van der Waals surface area contributed by atoms with Gasteiger partial charge in [-0.1, -0.05) is 69.6 Å². The molecule has 28 heavy (non-hydrogen) atoms. The summed E-state index contributed by atoms with van der Waals surface area (Å²) in [5.74, 6) is -3.25. The van der Waals surface area contributed by atoms with E-state index in [1.165, 1.54) is 0 Å². The first-order valence-corrected chi connectivity index (χ1v) is 9.97. The first kappa shape index (κ1) is 25.7. The molecule has 1 aliphatic carbocycles. The molecule has 0 aliphatic heterocycles. The van der Waals surface area contributed by atoms with Crippen LogP contribution in [0.5, 0.6) is 0 Å². The van der Waals surface area contributed by atoms with Crippen LogP contribution in [0.1, 0.15) is 26.7 Å². The van der Waals surface area contributed by atoms with E-state index in [1.54, 1.807) is 0 Å². The predicted octanol–water partition coefficient (Wildman–Crippen LogP) is 2.35. The van der Waals surface area contributed by atoms with Crippen LogP contribution < -0.4 is 10.6 Å². The van der Waals surface area contributed by atoms with Crippen molar-refractivity contribution >= 4 is 93.4 Å². The predicted molar refractivity (Wildman–Crippen MR) is 105 cm³/mol. The minimum atomic E-state index is -2.28. The van der Waals surface area contributed by atoms with E-state index in [0.29, 0.717) is 0 Å². The van der Waals surface area contributed by atoms with Crippen LogP contribution >= 0.6 is 69.6 Å². The van der Waals surface area contributed by atoms with Gasteiger partial charge in [0.15, 0.2) is 0 Å². The van der Waals surface area contributed by atoms with Gasteiger partial charge in [-0.2, -0.15) is 0 Å². The third-order valence-electron chi connectivity index (χ3n) is 3.66. The fraction of sp³-hybridized carbons (Fsp3) is 0.714.